The van der Waals surface area contributed by atoms with Crippen molar-refractivity contribution in [3.05, 3.63) is 34.7 Å². The minimum Gasteiger partial charge on any atom is -0.370 e. The highest BCUT2D eigenvalue weighted by molar-refractivity contribution is 6.36. The fraction of sp³-hybridized carbons (Fsp3) is 0.353. The molecule has 1 amide bonds. The van der Waals surface area contributed by atoms with Crippen LogP contribution in [0.3, 0.4) is 0 Å². The number of carbonyl (C=O) groups excluding carboxylic acids is 1. The van der Waals surface area contributed by atoms with Crippen LogP contribution in [0.15, 0.2) is 18.3 Å². The van der Waals surface area contributed by atoms with E-state index in [-0.39, 0.29) is 17.3 Å². The number of nitriles is 1. The summed E-state index contributed by atoms with van der Waals surface area (Å²) in [5, 5.41) is 10.3. The van der Waals surface area contributed by atoms with Crippen molar-refractivity contribution in [2.24, 2.45) is 11.7 Å². The van der Waals surface area contributed by atoms with Crippen molar-refractivity contribution in [3.8, 4) is 6.07 Å². The molecule has 24 heavy (non-hydrogen) atoms. The monoisotopic (exact) mass is 346 g/mol. The van der Waals surface area contributed by atoms with Crippen molar-refractivity contribution in [2.75, 3.05) is 18.0 Å². The highest BCUT2D eigenvalue weighted by Crippen LogP contribution is 2.37. The molecule has 1 saturated heterocycles. The maximum Gasteiger partial charge on any atom is 0.217 e. The molecule has 0 spiro atoms. The van der Waals surface area contributed by atoms with Crippen molar-refractivity contribution in [3.63, 3.8) is 0 Å². The molecule has 5 nitrogen and oxygen atoms in total. The number of nitrogens with zero attached hydrogens (tertiary/aromatic N) is 3. The number of rotatable bonds is 3. The lowest BCUT2D eigenvalue weighted by Gasteiger charge is -2.34. The molecule has 0 atom stereocenters. The first-order chi connectivity index (χ1) is 11.5. The number of anilines is 1. The summed E-state index contributed by atoms with van der Waals surface area (Å²) in [6, 6.07) is 4.86. The van der Waals surface area contributed by atoms with Gasteiger partial charge in [-0.1, -0.05) is 11.6 Å². The molecule has 0 radical (unpaired) electrons. The summed E-state index contributed by atoms with van der Waals surface area (Å²) >= 11 is 6.28. The molecule has 1 aliphatic rings. The van der Waals surface area contributed by atoms with Gasteiger partial charge in [0.2, 0.25) is 5.91 Å². The van der Waals surface area contributed by atoms with Gasteiger partial charge in [0.25, 0.3) is 0 Å². The Labute approximate surface area is 143 Å². The predicted molar refractivity (Wildman–Crippen MR) is 90.2 cm³/mol. The number of aromatic nitrogens is 1. The number of amides is 1. The fourth-order valence-electron chi connectivity index (χ4n) is 3.27. The zero-order valence-corrected chi connectivity index (χ0v) is 13.7. The number of fused-ring (bicyclic) bond motifs is 1. The van der Waals surface area contributed by atoms with Crippen LogP contribution in [0, 0.1) is 23.1 Å². The number of benzene rings is 1. The van der Waals surface area contributed by atoms with Crippen LogP contribution < -0.4 is 10.6 Å². The van der Waals surface area contributed by atoms with Crippen molar-refractivity contribution in [1.29, 1.82) is 5.26 Å². The highest BCUT2D eigenvalue weighted by atomic mass is 35.5. The Morgan fingerprint density at radius 3 is 2.79 bits per heavy atom. The van der Waals surface area contributed by atoms with Crippen LogP contribution in [0.25, 0.3) is 10.9 Å². The Kier molecular flexibility index (Phi) is 4.54. The molecule has 0 aliphatic carbocycles. The molecule has 2 heterocycles. The number of pyridine rings is 1. The van der Waals surface area contributed by atoms with E-state index in [0.717, 1.165) is 12.8 Å². The zero-order chi connectivity index (χ0) is 17.3. The van der Waals surface area contributed by atoms with Gasteiger partial charge in [0.05, 0.1) is 16.3 Å². The number of halogens is 2. The zero-order valence-electron chi connectivity index (χ0n) is 12.9. The summed E-state index contributed by atoms with van der Waals surface area (Å²) in [5.74, 6) is -0.529. The van der Waals surface area contributed by atoms with E-state index in [1.54, 1.807) is 0 Å². The second-order valence-corrected chi connectivity index (χ2v) is 6.39. The van der Waals surface area contributed by atoms with Crippen LogP contribution in [0.2, 0.25) is 5.02 Å². The van der Waals surface area contributed by atoms with Gasteiger partial charge in [-0.25, -0.2) is 4.39 Å². The molecule has 1 aromatic carbocycles. The topological polar surface area (TPSA) is 83.0 Å². The lowest BCUT2D eigenvalue weighted by atomic mass is 9.92. The van der Waals surface area contributed by atoms with E-state index in [0.29, 0.717) is 41.2 Å². The maximum atomic E-state index is 14.1. The largest absolute Gasteiger partial charge is 0.370 e. The second kappa shape index (κ2) is 6.62. The van der Waals surface area contributed by atoms with Gasteiger partial charge >= 0.3 is 0 Å². The average molecular weight is 347 g/mol. The maximum absolute atomic E-state index is 14.1. The number of primary amides is 1. The Morgan fingerprint density at radius 1 is 1.46 bits per heavy atom. The Bertz CT molecular complexity index is 841. The standard InChI is InChI=1S/C17H16ClFN4O/c18-12-1-2-13(19)16-15(12)17(11(8-20)9-22-16)23-5-3-10(4-6-23)7-14(21)24/h1-2,9-10H,3-7H2,(H2,21,24). The van der Waals surface area contributed by atoms with Gasteiger partial charge < -0.3 is 10.6 Å². The molecule has 0 unspecified atom stereocenters. The third-order valence-corrected chi connectivity index (χ3v) is 4.75. The molecule has 1 fully saturated rings. The smallest absolute Gasteiger partial charge is 0.217 e. The van der Waals surface area contributed by atoms with E-state index in [1.807, 2.05) is 4.90 Å². The SMILES string of the molecule is N#Cc1cnc2c(F)ccc(Cl)c2c1N1CCC(CC(N)=O)CC1. The number of carbonyl (C=O) groups is 1. The predicted octanol–water partition coefficient (Wildman–Crippen LogP) is 2.99. The Morgan fingerprint density at radius 2 is 2.17 bits per heavy atom. The van der Waals surface area contributed by atoms with Crippen molar-refractivity contribution in [1.82, 2.24) is 4.98 Å². The van der Waals surface area contributed by atoms with Crippen LogP contribution in [-0.4, -0.2) is 24.0 Å². The molecule has 3 rings (SSSR count). The number of piperidine rings is 1. The van der Waals surface area contributed by atoms with E-state index in [4.69, 9.17) is 17.3 Å². The Hall–Kier alpha value is -2.39. The molecular weight excluding hydrogens is 331 g/mol. The molecule has 0 bridgehead atoms. The average Bonchev–Trinajstić information content (AvgIpc) is 2.57. The third-order valence-electron chi connectivity index (χ3n) is 4.43. The molecule has 0 saturated carbocycles. The van der Waals surface area contributed by atoms with Crippen LogP contribution in [0.1, 0.15) is 24.8 Å². The van der Waals surface area contributed by atoms with E-state index >= 15 is 0 Å². The first-order valence-electron chi connectivity index (χ1n) is 7.71. The molecule has 2 N–H and O–H groups in total. The normalized spacial score (nSPS) is 15.5. The molecule has 7 heteroatoms. The van der Waals surface area contributed by atoms with E-state index in [2.05, 4.69) is 11.1 Å². The van der Waals surface area contributed by atoms with E-state index < -0.39 is 5.82 Å². The fourth-order valence-corrected chi connectivity index (χ4v) is 3.51. The number of hydrogen-bond acceptors (Lipinski definition) is 4. The van der Waals surface area contributed by atoms with Gasteiger partial charge in [0, 0.05) is 31.1 Å². The summed E-state index contributed by atoms with van der Waals surface area (Å²) in [7, 11) is 0. The first-order valence-corrected chi connectivity index (χ1v) is 8.09. The summed E-state index contributed by atoms with van der Waals surface area (Å²) in [4.78, 5) is 17.1. The number of nitrogens with two attached hydrogens (primary N) is 1. The molecular formula is C17H16ClFN4O. The third kappa shape index (κ3) is 3.00. The summed E-state index contributed by atoms with van der Waals surface area (Å²) < 4.78 is 14.1. The summed E-state index contributed by atoms with van der Waals surface area (Å²) in [5.41, 5.74) is 6.40. The number of hydrogen-bond donors (Lipinski definition) is 1. The summed E-state index contributed by atoms with van der Waals surface area (Å²) in [6.45, 7) is 1.30. The molecule has 1 aliphatic heterocycles. The Balaban J connectivity index is 2.02. The van der Waals surface area contributed by atoms with Gasteiger partial charge in [-0.05, 0) is 30.9 Å². The lowest BCUT2D eigenvalue weighted by Crippen LogP contribution is -2.35. The van der Waals surface area contributed by atoms with Gasteiger partial charge in [-0.15, -0.1) is 0 Å². The highest BCUT2D eigenvalue weighted by Gasteiger charge is 2.25. The molecule has 124 valence electrons. The van der Waals surface area contributed by atoms with Gasteiger partial charge in [-0.3, -0.25) is 9.78 Å². The first kappa shape index (κ1) is 16.5. The second-order valence-electron chi connectivity index (χ2n) is 5.99. The van der Waals surface area contributed by atoms with Crippen LogP contribution in [-0.2, 0) is 4.79 Å². The van der Waals surface area contributed by atoms with Crippen LogP contribution in [0.4, 0.5) is 10.1 Å². The lowest BCUT2D eigenvalue weighted by molar-refractivity contribution is -0.119. The van der Waals surface area contributed by atoms with Crippen LogP contribution in [0.5, 0.6) is 0 Å². The minimum absolute atomic E-state index is 0.163. The van der Waals surface area contributed by atoms with E-state index in [9.17, 15) is 14.4 Å². The van der Waals surface area contributed by atoms with Crippen LogP contribution >= 0.6 is 11.6 Å². The van der Waals surface area contributed by atoms with Gasteiger partial charge in [0.15, 0.2) is 0 Å². The van der Waals surface area contributed by atoms with Crippen molar-refractivity contribution < 1.29 is 9.18 Å². The summed E-state index contributed by atoms with van der Waals surface area (Å²) in [6.07, 6.45) is 3.31. The van der Waals surface area contributed by atoms with Gasteiger partial charge in [-0.2, -0.15) is 5.26 Å². The van der Waals surface area contributed by atoms with Gasteiger partial charge in [0.1, 0.15) is 17.4 Å². The minimum atomic E-state index is -0.469. The quantitative estimate of drug-likeness (QED) is 0.926. The molecule has 1 aromatic heterocycles. The van der Waals surface area contributed by atoms with Crippen molar-refractivity contribution in [2.45, 2.75) is 19.3 Å². The molecule has 2 aromatic rings. The van der Waals surface area contributed by atoms with E-state index in [1.165, 1.54) is 18.3 Å². The van der Waals surface area contributed by atoms with Crippen molar-refractivity contribution >= 4 is 34.1 Å².